The van der Waals surface area contributed by atoms with Crippen LogP contribution >= 0.6 is 0 Å². The van der Waals surface area contributed by atoms with Crippen molar-refractivity contribution in [3.63, 3.8) is 0 Å². The van der Waals surface area contributed by atoms with Crippen LogP contribution in [0.2, 0.25) is 0 Å². The second kappa shape index (κ2) is 9.56. The van der Waals surface area contributed by atoms with E-state index >= 15 is 0 Å². The first-order valence-electron chi connectivity index (χ1n) is 5.76. The number of alkyl halides is 1. The zero-order chi connectivity index (χ0) is 13.1. The van der Waals surface area contributed by atoms with E-state index in [1.807, 2.05) is 0 Å². The molecule has 4 nitrogen and oxygen atoms in total. The van der Waals surface area contributed by atoms with Gasteiger partial charge in [0.2, 0.25) is 0 Å². The molecule has 0 aliphatic heterocycles. The number of halogens is 1. The first-order chi connectivity index (χ1) is 8.86. The maximum absolute atomic E-state index is 11.7. The van der Waals surface area contributed by atoms with Crippen LogP contribution in [0.15, 0.2) is 24.3 Å². The Bertz CT molecular complexity index is 326. The third-order valence-corrected chi connectivity index (χ3v) is 2.11. The largest absolute Gasteiger partial charge is 0.491 e. The van der Waals surface area contributed by atoms with E-state index in [0.29, 0.717) is 37.7 Å². The molecule has 0 N–H and O–H groups in total. The molecule has 0 saturated heterocycles. The summed E-state index contributed by atoms with van der Waals surface area (Å²) in [5.74, 6) is 0.692. The summed E-state index contributed by atoms with van der Waals surface area (Å²) in [6, 6.07) is 6.84. The van der Waals surface area contributed by atoms with Gasteiger partial charge in [-0.2, -0.15) is 0 Å². The SMILES string of the molecule is O=Cc1ccc(OCCOCCOCCF)cc1. The Morgan fingerprint density at radius 2 is 1.56 bits per heavy atom. The molecule has 0 amide bonds. The molecule has 0 radical (unpaired) electrons. The summed E-state index contributed by atoms with van der Waals surface area (Å²) in [6.07, 6.45) is 0.782. The molecule has 100 valence electrons. The van der Waals surface area contributed by atoms with E-state index in [9.17, 15) is 9.18 Å². The zero-order valence-electron chi connectivity index (χ0n) is 10.1. The molecule has 18 heavy (non-hydrogen) atoms. The fourth-order valence-corrected chi connectivity index (χ4v) is 1.24. The summed E-state index contributed by atoms with van der Waals surface area (Å²) in [7, 11) is 0. The van der Waals surface area contributed by atoms with E-state index in [1.54, 1.807) is 24.3 Å². The van der Waals surface area contributed by atoms with Crippen LogP contribution in [0.25, 0.3) is 0 Å². The summed E-state index contributed by atoms with van der Waals surface area (Å²) >= 11 is 0. The zero-order valence-corrected chi connectivity index (χ0v) is 10.1. The second-order valence-corrected chi connectivity index (χ2v) is 3.45. The average Bonchev–Trinajstić information content (AvgIpc) is 2.42. The normalized spacial score (nSPS) is 10.3. The van der Waals surface area contributed by atoms with Crippen molar-refractivity contribution in [2.45, 2.75) is 0 Å². The van der Waals surface area contributed by atoms with Crippen molar-refractivity contribution in [3.05, 3.63) is 29.8 Å². The Hall–Kier alpha value is -1.46. The Balaban J connectivity index is 2.01. The molecule has 1 rings (SSSR count). The Morgan fingerprint density at radius 1 is 0.944 bits per heavy atom. The lowest BCUT2D eigenvalue weighted by atomic mass is 10.2. The topological polar surface area (TPSA) is 44.8 Å². The Morgan fingerprint density at radius 3 is 2.17 bits per heavy atom. The minimum Gasteiger partial charge on any atom is -0.491 e. The number of hydrogen-bond donors (Lipinski definition) is 0. The Kier molecular flexibility index (Phi) is 7.75. The summed E-state index contributed by atoms with van der Waals surface area (Å²) in [5.41, 5.74) is 0.614. The molecule has 1 aromatic carbocycles. The summed E-state index contributed by atoms with van der Waals surface area (Å²) in [6.45, 7) is 1.31. The monoisotopic (exact) mass is 256 g/mol. The standard InChI is InChI=1S/C13H17FO4/c14-5-6-16-7-8-17-9-10-18-13-3-1-12(11-15)2-4-13/h1-4,11H,5-10H2. The number of rotatable bonds is 10. The maximum Gasteiger partial charge on any atom is 0.150 e. The molecular formula is C13H17FO4. The first-order valence-corrected chi connectivity index (χ1v) is 5.76. The van der Waals surface area contributed by atoms with Crippen LogP contribution in [0, 0.1) is 0 Å². The van der Waals surface area contributed by atoms with Crippen molar-refractivity contribution in [1.82, 2.24) is 0 Å². The van der Waals surface area contributed by atoms with Gasteiger partial charge in [0.05, 0.1) is 26.4 Å². The fourth-order valence-electron chi connectivity index (χ4n) is 1.24. The molecular weight excluding hydrogens is 239 g/mol. The van der Waals surface area contributed by atoms with Crippen LogP contribution in [-0.2, 0) is 9.47 Å². The van der Waals surface area contributed by atoms with Crippen molar-refractivity contribution in [2.24, 2.45) is 0 Å². The van der Waals surface area contributed by atoms with Gasteiger partial charge in [-0.25, -0.2) is 4.39 Å². The third kappa shape index (κ3) is 6.32. The van der Waals surface area contributed by atoms with Crippen LogP contribution < -0.4 is 4.74 Å². The molecule has 0 aromatic heterocycles. The van der Waals surface area contributed by atoms with Crippen molar-refractivity contribution in [2.75, 3.05) is 39.7 Å². The van der Waals surface area contributed by atoms with E-state index < -0.39 is 6.67 Å². The predicted molar refractivity (Wildman–Crippen MR) is 64.9 cm³/mol. The third-order valence-electron chi connectivity index (χ3n) is 2.11. The minimum atomic E-state index is -0.472. The lowest BCUT2D eigenvalue weighted by Crippen LogP contribution is -2.11. The summed E-state index contributed by atoms with van der Waals surface area (Å²) in [4.78, 5) is 10.4. The minimum absolute atomic E-state index is 0.114. The van der Waals surface area contributed by atoms with Crippen LogP contribution in [0.4, 0.5) is 4.39 Å². The fraction of sp³-hybridized carbons (Fsp3) is 0.462. The van der Waals surface area contributed by atoms with Crippen LogP contribution in [-0.4, -0.2) is 46.0 Å². The van der Waals surface area contributed by atoms with Gasteiger partial charge in [0.15, 0.2) is 0 Å². The smallest absolute Gasteiger partial charge is 0.150 e. The highest BCUT2D eigenvalue weighted by atomic mass is 19.1. The molecule has 1 aromatic rings. The molecule has 0 saturated carbocycles. The summed E-state index contributed by atoms with van der Waals surface area (Å²) in [5, 5.41) is 0. The highest BCUT2D eigenvalue weighted by molar-refractivity contribution is 5.74. The van der Waals surface area contributed by atoms with Crippen molar-refractivity contribution in [1.29, 1.82) is 0 Å². The van der Waals surface area contributed by atoms with Crippen molar-refractivity contribution >= 4 is 6.29 Å². The number of carbonyl (C=O) groups excluding carboxylic acids is 1. The highest BCUT2D eigenvalue weighted by Crippen LogP contribution is 2.10. The number of hydrogen-bond acceptors (Lipinski definition) is 4. The molecule has 0 spiro atoms. The highest BCUT2D eigenvalue weighted by Gasteiger charge is 1.95. The van der Waals surface area contributed by atoms with Crippen LogP contribution in [0.3, 0.4) is 0 Å². The molecule has 0 aliphatic rings. The molecule has 0 unspecified atom stereocenters. The second-order valence-electron chi connectivity index (χ2n) is 3.45. The molecule has 0 fully saturated rings. The maximum atomic E-state index is 11.7. The number of ether oxygens (including phenoxy) is 3. The number of benzene rings is 1. The summed E-state index contributed by atoms with van der Waals surface area (Å²) < 4.78 is 27.2. The van der Waals surface area contributed by atoms with Gasteiger partial charge in [-0.15, -0.1) is 0 Å². The van der Waals surface area contributed by atoms with Crippen molar-refractivity contribution < 1.29 is 23.4 Å². The number of aldehydes is 1. The van der Waals surface area contributed by atoms with Crippen molar-refractivity contribution in [3.8, 4) is 5.75 Å². The van der Waals surface area contributed by atoms with E-state index in [1.165, 1.54) is 0 Å². The van der Waals surface area contributed by atoms with Gasteiger partial charge >= 0.3 is 0 Å². The van der Waals surface area contributed by atoms with E-state index in [0.717, 1.165) is 6.29 Å². The van der Waals surface area contributed by atoms with Gasteiger partial charge < -0.3 is 14.2 Å². The predicted octanol–water partition coefficient (Wildman–Crippen LogP) is 1.88. The molecule has 0 atom stereocenters. The van der Waals surface area contributed by atoms with Crippen LogP contribution in [0.1, 0.15) is 10.4 Å². The van der Waals surface area contributed by atoms with E-state index in [-0.39, 0.29) is 6.61 Å². The van der Waals surface area contributed by atoms with Gasteiger partial charge in [-0.05, 0) is 24.3 Å². The van der Waals surface area contributed by atoms with Gasteiger partial charge in [0.1, 0.15) is 25.3 Å². The van der Waals surface area contributed by atoms with Gasteiger partial charge in [0.25, 0.3) is 0 Å². The van der Waals surface area contributed by atoms with Gasteiger partial charge in [0, 0.05) is 5.56 Å². The lowest BCUT2D eigenvalue weighted by molar-refractivity contribution is 0.0325. The lowest BCUT2D eigenvalue weighted by Gasteiger charge is -2.07. The average molecular weight is 256 g/mol. The Labute approximate surface area is 106 Å². The molecule has 0 bridgehead atoms. The van der Waals surface area contributed by atoms with E-state index in [4.69, 9.17) is 14.2 Å². The molecule has 0 aliphatic carbocycles. The first kappa shape index (κ1) is 14.6. The number of carbonyl (C=O) groups is 1. The van der Waals surface area contributed by atoms with E-state index in [2.05, 4.69) is 0 Å². The quantitative estimate of drug-likeness (QED) is 0.473. The van der Waals surface area contributed by atoms with Gasteiger partial charge in [-0.3, -0.25) is 4.79 Å². The van der Waals surface area contributed by atoms with Gasteiger partial charge in [-0.1, -0.05) is 0 Å². The van der Waals surface area contributed by atoms with Crippen LogP contribution in [0.5, 0.6) is 5.75 Å². The molecule has 5 heteroatoms. The molecule has 0 heterocycles.